The number of ketones is 1. The van der Waals surface area contributed by atoms with E-state index in [-0.39, 0.29) is 11.2 Å². The molecule has 0 aliphatic heterocycles. The Bertz CT molecular complexity index is 737. The standard InChI is InChI=1S/C19H20O/c1-5-13-17(19(2,3)4)14-10-6-8-12-9-7-11-15(16(12)14)18(13)20/h6-11H,5H2,1-4H3. The zero-order valence-corrected chi connectivity index (χ0v) is 12.6. The molecule has 3 rings (SSSR count). The van der Waals surface area contributed by atoms with Crippen LogP contribution in [0.5, 0.6) is 0 Å². The van der Waals surface area contributed by atoms with E-state index >= 15 is 0 Å². The quantitative estimate of drug-likeness (QED) is 0.688. The highest BCUT2D eigenvalue weighted by Gasteiger charge is 2.32. The Morgan fingerprint density at radius 2 is 1.55 bits per heavy atom. The maximum Gasteiger partial charge on any atom is 0.189 e. The van der Waals surface area contributed by atoms with Gasteiger partial charge in [0.1, 0.15) is 0 Å². The van der Waals surface area contributed by atoms with Crippen molar-refractivity contribution in [2.24, 2.45) is 5.41 Å². The van der Waals surface area contributed by atoms with Gasteiger partial charge in [0, 0.05) is 16.5 Å². The third kappa shape index (κ3) is 1.73. The van der Waals surface area contributed by atoms with Gasteiger partial charge in [-0.2, -0.15) is 0 Å². The van der Waals surface area contributed by atoms with Crippen molar-refractivity contribution in [2.75, 3.05) is 0 Å². The van der Waals surface area contributed by atoms with Crippen molar-refractivity contribution in [3.05, 3.63) is 53.1 Å². The number of carbonyl (C=O) groups excluding carboxylic acids is 1. The second-order valence-electron chi connectivity index (χ2n) is 6.50. The van der Waals surface area contributed by atoms with Crippen molar-refractivity contribution in [2.45, 2.75) is 34.1 Å². The fraction of sp³-hybridized carbons (Fsp3) is 0.316. The molecule has 20 heavy (non-hydrogen) atoms. The van der Waals surface area contributed by atoms with E-state index in [0.29, 0.717) is 0 Å². The Morgan fingerprint density at radius 1 is 0.950 bits per heavy atom. The van der Waals surface area contributed by atoms with Crippen LogP contribution in [0.3, 0.4) is 0 Å². The van der Waals surface area contributed by atoms with Crippen LogP contribution in [0.2, 0.25) is 0 Å². The van der Waals surface area contributed by atoms with Crippen LogP contribution < -0.4 is 0 Å². The fourth-order valence-electron chi connectivity index (χ4n) is 3.37. The molecule has 0 saturated carbocycles. The third-order valence-corrected chi connectivity index (χ3v) is 4.10. The van der Waals surface area contributed by atoms with Crippen molar-refractivity contribution in [1.29, 1.82) is 0 Å². The second-order valence-corrected chi connectivity index (χ2v) is 6.50. The van der Waals surface area contributed by atoms with Crippen LogP contribution >= 0.6 is 0 Å². The topological polar surface area (TPSA) is 17.1 Å². The summed E-state index contributed by atoms with van der Waals surface area (Å²) in [6.07, 6.45) is 0.788. The monoisotopic (exact) mass is 264 g/mol. The highest BCUT2D eigenvalue weighted by molar-refractivity contribution is 6.25. The van der Waals surface area contributed by atoms with Gasteiger partial charge in [-0.05, 0) is 28.4 Å². The average Bonchev–Trinajstić information content (AvgIpc) is 2.41. The zero-order chi connectivity index (χ0) is 14.5. The first kappa shape index (κ1) is 13.1. The fourth-order valence-corrected chi connectivity index (χ4v) is 3.37. The molecule has 0 saturated heterocycles. The van der Waals surface area contributed by atoms with Crippen LogP contribution in [0.25, 0.3) is 16.3 Å². The van der Waals surface area contributed by atoms with Crippen molar-refractivity contribution in [1.82, 2.24) is 0 Å². The first-order valence-electron chi connectivity index (χ1n) is 7.25. The van der Waals surface area contributed by atoms with E-state index in [1.165, 1.54) is 11.1 Å². The largest absolute Gasteiger partial charge is 0.289 e. The van der Waals surface area contributed by atoms with Gasteiger partial charge in [0.25, 0.3) is 0 Å². The number of hydrogen-bond acceptors (Lipinski definition) is 1. The molecule has 0 heterocycles. The van der Waals surface area contributed by atoms with Crippen LogP contribution in [0, 0.1) is 5.41 Å². The predicted octanol–water partition coefficient (Wildman–Crippen LogP) is 5.25. The van der Waals surface area contributed by atoms with E-state index in [2.05, 4.69) is 52.0 Å². The molecule has 1 aliphatic carbocycles. The van der Waals surface area contributed by atoms with Gasteiger partial charge in [-0.3, -0.25) is 4.79 Å². The lowest BCUT2D eigenvalue weighted by atomic mass is 9.72. The van der Waals surface area contributed by atoms with Gasteiger partial charge in [-0.1, -0.05) is 64.1 Å². The molecule has 0 radical (unpaired) electrons. The van der Waals surface area contributed by atoms with E-state index < -0.39 is 0 Å². The van der Waals surface area contributed by atoms with Gasteiger partial charge in [-0.25, -0.2) is 0 Å². The molecule has 0 spiro atoms. The first-order valence-corrected chi connectivity index (χ1v) is 7.25. The number of benzene rings is 2. The lowest BCUT2D eigenvalue weighted by molar-refractivity contribution is 0.103. The van der Waals surface area contributed by atoms with Crippen LogP contribution in [-0.2, 0) is 0 Å². The molecule has 0 bridgehead atoms. The summed E-state index contributed by atoms with van der Waals surface area (Å²) < 4.78 is 0. The molecule has 1 nitrogen and oxygen atoms in total. The number of hydrogen-bond donors (Lipinski definition) is 0. The minimum Gasteiger partial charge on any atom is -0.289 e. The summed E-state index contributed by atoms with van der Waals surface area (Å²) in [5.74, 6) is 0.210. The summed E-state index contributed by atoms with van der Waals surface area (Å²) in [5, 5.41) is 2.28. The second kappa shape index (κ2) is 4.31. The number of allylic oxidation sites excluding steroid dienone is 2. The summed E-state index contributed by atoms with van der Waals surface area (Å²) >= 11 is 0. The van der Waals surface area contributed by atoms with Crippen LogP contribution in [-0.4, -0.2) is 5.78 Å². The van der Waals surface area contributed by atoms with Gasteiger partial charge in [0.2, 0.25) is 0 Å². The lowest BCUT2D eigenvalue weighted by Gasteiger charge is -2.31. The highest BCUT2D eigenvalue weighted by atomic mass is 16.1. The maximum absolute atomic E-state index is 12.8. The molecule has 0 atom stereocenters. The Labute approximate surface area is 120 Å². The highest BCUT2D eigenvalue weighted by Crippen LogP contribution is 2.45. The Balaban J connectivity index is 2.49. The molecule has 1 aliphatic rings. The summed E-state index contributed by atoms with van der Waals surface area (Å²) in [6, 6.07) is 12.4. The van der Waals surface area contributed by atoms with Gasteiger partial charge in [0.05, 0.1) is 0 Å². The minimum absolute atomic E-state index is 0.0250. The predicted molar refractivity (Wildman–Crippen MR) is 84.9 cm³/mol. The van der Waals surface area contributed by atoms with Crippen molar-refractivity contribution in [3.63, 3.8) is 0 Å². The third-order valence-electron chi connectivity index (χ3n) is 4.10. The van der Waals surface area contributed by atoms with Crippen molar-refractivity contribution in [3.8, 4) is 0 Å². The van der Waals surface area contributed by atoms with Crippen molar-refractivity contribution < 1.29 is 4.79 Å². The van der Waals surface area contributed by atoms with Crippen LogP contribution in [0.1, 0.15) is 50.0 Å². The molecule has 1 heteroatoms. The molecule has 0 amide bonds. The normalized spacial score (nSPS) is 15.1. The van der Waals surface area contributed by atoms with Crippen LogP contribution in [0.15, 0.2) is 42.0 Å². The summed E-state index contributed by atoms with van der Waals surface area (Å²) in [6.45, 7) is 8.65. The number of rotatable bonds is 1. The maximum atomic E-state index is 12.8. The zero-order valence-electron chi connectivity index (χ0n) is 12.6. The molecule has 0 fully saturated rings. The van der Waals surface area contributed by atoms with Gasteiger partial charge < -0.3 is 0 Å². The summed E-state index contributed by atoms with van der Waals surface area (Å²) in [4.78, 5) is 12.8. The van der Waals surface area contributed by atoms with E-state index in [1.54, 1.807) is 0 Å². The first-order chi connectivity index (χ1) is 9.45. The molecule has 0 aromatic heterocycles. The van der Waals surface area contributed by atoms with E-state index in [9.17, 15) is 4.79 Å². The summed E-state index contributed by atoms with van der Waals surface area (Å²) in [7, 11) is 0. The Kier molecular flexibility index (Phi) is 2.82. The number of Topliss-reactive ketones (excluding diaryl/α,β-unsaturated/α-hetero) is 1. The average molecular weight is 264 g/mol. The number of carbonyl (C=O) groups is 1. The van der Waals surface area contributed by atoms with Gasteiger partial charge in [-0.15, -0.1) is 0 Å². The molecule has 102 valence electrons. The van der Waals surface area contributed by atoms with E-state index in [4.69, 9.17) is 0 Å². The molecule has 0 unspecified atom stereocenters. The molecule has 2 aromatic rings. The molecule has 2 aromatic carbocycles. The van der Waals surface area contributed by atoms with Crippen molar-refractivity contribution >= 4 is 22.1 Å². The van der Waals surface area contributed by atoms with E-state index in [0.717, 1.165) is 28.3 Å². The minimum atomic E-state index is -0.0250. The van der Waals surface area contributed by atoms with Gasteiger partial charge in [0.15, 0.2) is 5.78 Å². The lowest BCUT2D eigenvalue weighted by Crippen LogP contribution is -2.20. The van der Waals surface area contributed by atoms with Gasteiger partial charge >= 0.3 is 0 Å². The Hall–Kier alpha value is -1.89. The van der Waals surface area contributed by atoms with Crippen LogP contribution in [0.4, 0.5) is 0 Å². The molecular formula is C19H20O. The van der Waals surface area contributed by atoms with E-state index in [1.807, 2.05) is 12.1 Å². The Morgan fingerprint density at radius 3 is 2.10 bits per heavy atom. The molecular weight excluding hydrogens is 244 g/mol. The SMILES string of the molecule is CCC1=C(C(C)(C)C)c2cccc3cccc(c23)C1=O. The smallest absolute Gasteiger partial charge is 0.189 e. The molecule has 0 N–H and O–H groups in total. The summed E-state index contributed by atoms with van der Waals surface area (Å²) in [5.41, 5.74) is 4.27.